The van der Waals surface area contributed by atoms with Crippen molar-refractivity contribution in [2.24, 2.45) is 14.1 Å². The minimum absolute atomic E-state index is 0.203. The number of fused-ring (bicyclic) bond motifs is 1. The highest BCUT2D eigenvalue weighted by molar-refractivity contribution is 5.94. The van der Waals surface area contributed by atoms with Gasteiger partial charge in [0.15, 0.2) is 5.65 Å². The second-order valence-corrected chi connectivity index (χ2v) is 6.44. The fourth-order valence-electron chi connectivity index (χ4n) is 3.01. The predicted molar refractivity (Wildman–Crippen MR) is 108 cm³/mol. The van der Waals surface area contributed by atoms with Crippen LogP contribution in [-0.4, -0.2) is 27.1 Å². The standard InChI is InChI=1S/C19H21N5O4/c1-10-9-20-17-15(18(26)24(4)19(27)23(17)3)16(10)22-13-8-12(21-11(2)25)6-7-14(13)28-5/h6-9H,1-5H3,(H,20,22)(H,21,25). The Balaban J connectivity index is 2.26. The lowest BCUT2D eigenvalue weighted by molar-refractivity contribution is -0.114. The fourth-order valence-corrected chi connectivity index (χ4v) is 3.01. The van der Waals surface area contributed by atoms with Gasteiger partial charge < -0.3 is 15.4 Å². The molecule has 2 heterocycles. The van der Waals surface area contributed by atoms with Crippen LogP contribution in [0.3, 0.4) is 0 Å². The summed E-state index contributed by atoms with van der Waals surface area (Å²) in [7, 11) is 4.52. The van der Waals surface area contributed by atoms with Gasteiger partial charge in [-0.3, -0.25) is 18.7 Å². The maximum Gasteiger partial charge on any atom is 0.332 e. The van der Waals surface area contributed by atoms with E-state index in [0.29, 0.717) is 22.8 Å². The van der Waals surface area contributed by atoms with Crippen LogP contribution >= 0.6 is 0 Å². The first-order chi connectivity index (χ1) is 13.2. The van der Waals surface area contributed by atoms with Gasteiger partial charge in [-0.05, 0) is 30.7 Å². The van der Waals surface area contributed by atoms with Crippen LogP contribution in [0.4, 0.5) is 17.1 Å². The second-order valence-electron chi connectivity index (χ2n) is 6.44. The molecule has 2 N–H and O–H groups in total. The Morgan fingerprint density at radius 3 is 2.54 bits per heavy atom. The highest BCUT2D eigenvalue weighted by atomic mass is 16.5. The SMILES string of the molecule is COc1ccc(NC(C)=O)cc1Nc1c(C)cnc2c1c(=O)n(C)c(=O)n2C. The number of amides is 1. The van der Waals surface area contributed by atoms with E-state index in [4.69, 9.17) is 4.74 Å². The minimum atomic E-state index is -0.454. The Morgan fingerprint density at radius 2 is 1.89 bits per heavy atom. The second kappa shape index (κ2) is 7.18. The van der Waals surface area contributed by atoms with Crippen molar-refractivity contribution in [3.05, 3.63) is 50.8 Å². The number of carbonyl (C=O) groups is 1. The highest BCUT2D eigenvalue weighted by Gasteiger charge is 2.17. The first-order valence-corrected chi connectivity index (χ1v) is 8.52. The number of aromatic nitrogens is 3. The molecule has 0 saturated heterocycles. The van der Waals surface area contributed by atoms with Gasteiger partial charge in [-0.15, -0.1) is 0 Å². The zero-order chi connectivity index (χ0) is 20.6. The Labute approximate surface area is 160 Å². The van der Waals surface area contributed by atoms with E-state index in [1.165, 1.54) is 25.6 Å². The topological polar surface area (TPSA) is 107 Å². The number of pyridine rings is 1. The summed E-state index contributed by atoms with van der Waals surface area (Å²) >= 11 is 0. The molecule has 3 rings (SSSR count). The molecule has 0 radical (unpaired) electrons. The summed E-state index contributed by atoms with van der Waals surface area (Å²) in [6, 6.07) is 5.13. The van der Waals surface area contributed by atoms with E-state index in [2.05, 4.69) is 15.6 Å². The van der Waals surface area contributed by atoms with Crippen molar-refractivity contribution >= 4 is 34.0 Å². The molecule has 146 valence electrons. The zero-order valence-electron chi connectivity index (χ0n) is 16.3. The molecule has 1 aromatic carbocycles. The van der Waals surface area contributed by atoms with E-state index < -0.39 is 11.2 Å². The van der Waals surface area contributed by atoms with Crippen molar-refractivity contribution in [2.45, 2.75) is 13.8 Å². The molecule has 0 aliphatic heterocycles. The molecular formula is C19H21N5O4. The molecule has 9 heteroatoms. The molecule has 0 saturated carbocycles. The van der Waals surface area contributed by atoms with Gasteiger partial charge in [-0.2, -0.15) is 0 Å². The molecule has 0 aliphatic rings. The number of rotatable bonds is 4. The van der Waals surface area contributed by atoms with Crippen molar-refractivity contribution in [2.75, 3.05) is 17.7 Å². The maximum atomic E-state index is 12.8. The molecule has 0 atom stereocenters. The summed E-state index contributed by atoms with van der Waals surface area (Å²) < 4.78 is 7.76. The lowest BCUT2D eigenvalue weighted by atomic mass is 10.1. The number of aryl methyl sites for hydroxylation is 2. The molecule has 3 aromatic rings. The van der Waals surface area contributed by atoms with Crippen LogP contribution in [0.5, 0.6) is 5.75 Å². The van der Waals surface area contributed by atoms with Crippen molar-refractivity contribution in [1.82, 2.24) is 14.1 Å². The first kappa shape index (κ1) is 19.2. The highest BCUT2D eigenvalue weighted by Crippen LogP contribution is 2.33. The van der Waals surface area contributed by atoms with Gasteiger partial charge in [0.05, 0.1) is 18.5 Å². The number of nitrogens with zero attached hydrogens (tertiary/aromatic N) is 3. The number of methoxy groups -OCH3 is 1. The van der Waals surface area contributed by atoms with Crippen LogP contribution in [-0.2, 0) is 18.9 Å². The summed E-state index contributed by atoms with van der Waals surface area (Å²) in [6.07, 6.45) is 1.59. The number of hydrogen-bond acceptors (Lipinski definition) is 6. The van der Waals surface area contributed by atoms with Gasteiger partial charge in [0.1, 0.15) is 11.1 Å². The number of ether oxygens (including phenoxy) is 1. The molecule has 1 amide bonds. The summed E-state index contributed by atoms with van der Waals surface area (Å²) in [6.45, 7) is 3.23. The molecule has 0 aliphatic carbocycles. The Hall–Kier alpha value is -3.62. The third-order valence-corrected chi connectivity index (χ3v) is 4.44. The van der Waals surface area contributed by atoms with Gasteiger partial charge in [0.25, 0.3) is 5.56 Å². The minimum Gasteiger partial charge on any atom is -0.495 e. The Morgan fingerprint density at radius 1 is 1.18 bits per heavy atom. The van der Waals surface area contributed by atoms with Crippen LogP contribution in [0.25, 0.3) is 11.0 Å². The van der Waals surface area contributed by atoms with Crippen molar-refractivity contribution in [3.63, 3.8) is 0 Å². The molecule has 0 spiro atoms. The summed E-state index contributed by atoms with van der Waals surface area (Å²) in [5, 5.41) is 6.22. The fraction of sp³-hybridized carbons (Fsp3) is 0.263. The van der Waals surface area contributed by atoms with E-state index >= 15 is 0 Å². The summed E-state index contributed by atoms with van der Waals surface area (Å²) in [4.78, 5) is 40.7. The third kappa shape index (κ3) is 3.22. The van der Waals surface area contributed by atoms with E-state index in [9.17, 15) is 14.4 Å². The van der Waals surface area contributed by atoms with Crippen LogP contribution < -0.4 is 26.6 Å². The van der Waals surface area contributed by atoms with Crippen molar-refractivity contribution in [3.8, 4) is 5.75 Å². The van der Waals surface area contributed by atoms with Gasteiger partial charge >= 0.3 is 5.69 Å². The van der Waals surface area contributed by atoms with Crippen molar-refractivity contribution < 1.29 is 9.53 Å². The Kier molecular flexibility index (Phi) is 4.91. The molecule has 0 fully saturated rings. The number of carbonyl (C=O) groups excluding carboxylic acids is 1. The van der Waals surface area contributed by atoms with Crippen LogP contribution in [0.2, 0.25) is 0 Å². The monoisotopic (exact) mass is 383 g/mol. The molecule has 0 unspecified atom stereocenters. The first-order valence-electron chi connectivity index (χ1n) is 8.52. The average molecular weight is 383 g/mol. The van der Waals surface area contributed by atoms with E-state index in [0.717, 1.165) is 10.1 Å². The summed E-state index contributed by atoms with van der Waals surface area (Å²) in [5.74, 6) is 0.325. The number of anilines is 3. The van der Waals surface area contributed by atoms with Crippen LogP contribution in [0.1, 0.15) is 12.5 Å². The third-order valence-electron chi connectivity index (χ3n) is 4.44. The molecule has 0 bridgehead atoms. The smallest absolute Gasteiger partial charge is 0.332 e. The zero-order valence-corrected chi connectivity index (χ0v) is 16.3. The van der Waals surface area contributed by atoms with Crippen molar-refractivity contribution in [1.29, 1.82) is 0 Å². The maximum absolute atomic E-state index is 12.8. The van der Waals surface area contributed by atoms with E-state index in [1.54, 1.807) is 31.4 Å². The van der Waals surface area contributed by atoms with Gasteiger partial charge in [0.2, 0.25) is 5.91 Å². The summed E-state index contributed by atoms with van der Waals surface area (Å²) in [5.41, 5.74) is 1.74. The van der Waals surface area contributed by atoms with Gasteiger partial charge in [0, 0.05) is 32.9 Å². The van der Waals surface area contributed by atoms with Gasteiger partial charge in [-0.1, -0.05) is 0 Å². The quantitative estimate of drug-likeness (QED) is 0.709. The molecule has 9 nitrogen and oxygen atoms in total. The average Bonchev–Trinajstić information content (AvgIpc) is 2.66. The van der Waals surface area contributed by atoms with E-state index in [1.807, 2.05) is 6.92 Å². The molecule has 2 aromatic heterocycles. The van der Waals surface area contributed by atoms with Crippen LogP contribution in [0.15, 0.2) is 34.0 Å². The number of hydrogen-bond donors (Lipinski definition) is 2. The predicted octanol–water partition coefficient (Wildman–Crippen LogP) is 1.65. The number of benzene rings is 1. The van der Waals surface area contributed by atoms with Crippen LogP contribution in [0, 0.1) is 6.92 Å². The Bertz CT molecular complexity index is 1210. The molecule has 28 heavy (non-hydrogen) atoms. The largest absolute Gasteiger partial charge is 0.495 e. The molecular weight excluding hydrogens is 362 g/mol. The lowest BCUT2D eigenvalue weighted by Crippen LogP contribution is -2.37. The number of nitrogens with one attached hydrogen (secondary N) is 2. The normalized spacial score (nSPS) is 10.8. The van der Waals surface area contributed by atoms with E-state index in [-0.39, 0.29) is 16.9 Å². The van der Waals surface area contributed by atoms with Gasteiger partial charge in [-0.25, -0.2) is 9.78 Å². The lowest BCUT2D eigenvalue weighted by Gasteiger charge is -2.17.